The van der Waals surface area contributed by atoms with Crippen molar-refractivity contribution in [3.63, 3.8) is 0 Å². The molecule has 0 fully saturated rings. The van der Waals surface area contributed by atoms with Gasteiger partial charge in [0.2, 0.25) is 0 Å². The summed E-state index contributed by atoms with van der Waals surface area (Å²) in [5.74, 6) is 0.786. The van der Waals surface area contributed by atoms with E-state index in [-0.39, 0.29) is 0 Å². The third-order valence-corrected chi connectivity index (χ3v) is 7.18. The lowest BCUT2D eigenvalue weighted by molar-refractivity contribution is 0.416. The Kier molecular flexibility index (Phi) is 7.57. The van der Waals surface area contributed by atoms with Gasteiger partial charge in [-0.05, 0) is 64.7 Å². The van der Waals surface area contributed by atoms with Crippen molar-refractivity contribution in [2.45, 2.75) is 6.54 Å². The Bertz CT molecular complexity index is 1760. The van der Waals surface area contributed by atoms with Crippen LogP contribution in [0, 0.1) is 0 Å². The van der Waals surface area contributed by atoms with Crippen LogP contribution in [0.2, 0.25) is 0 Å². The molecule has 1 aromatic heterocycles. The van der Waals surface area contributed by atoms with E-state index in [1.807, 2.05) is 42.5 Å². The van der Waals surface area contributed by atoms with Crippen LogP contribution in [0.25, 0.3) is 44.8 Å². The number of rotatable bonds is 8. The minimum Gasteiger partial charge on any atom is -0.496 e. The molecule has 6 aromatic rings. The van der Waals surface area contributed by atoms with Gasteiger partial charge in [-0.3, -0.25) is 0 Å². The van der Waals surface area contributed by atoms with Crippen molar-refractivity contribution in [1.82, 2.24) is 4.98 Å². The molecule has 0 amide bonds. The lowest BCUT2D eigenvalue weighted by Crippen LogP contribution is -1.98. The van der Waals surface area contributed by atoms with Crippen LogP contribution in [-0.4, -0.2) is 12.1 Å². The SMILES string of the molecule is COc1ccccc1-c1cc(-c2ccc(-c3ccccc3)cc2Nc2ccc(CN)cc2)cc(-c2ccccc2)n1. The van der Waals surface area contributed by atoms with E-state index in [1.165, 1.54) is 0 Å². The number of hydrogen-bond acceptors (Lipinski definition) is 4. The molecule has 1 heterocycles. The Hall–Kier alpha value is -5.19. The van der Waals surface area contributed by atoms with Gasteiger partial charge in [0.25, 0.3) is 0 Å². The molecule has 0 saturated carbocycles. The van der Waals surface area contributed by atoms with Crippen molar-refractivity contribution in [2.75, 3.05) is 12.4 Å². The number of methoxy groups -OCH3 is 1. The number of para-hydroxylation sites is 1. The first-order chi connectivity index (χ1) is 20.2. The lowest BCUT2D eigenvalue weighted by atomic mass is 9.95. The normalized spacial score (nSPS) is 10.8. The molecule has 0 aliphatic carbocycles. The Morgan fingerprint density at radius 2 is 1.24 bits per heavy atom. The maximum Gasteiger partial charge on any atom is 0.128 e. The quantitative estimate of drug-likeness (QED) is 0.205. The molecular formula is C37H31N3O. The second-order valence-corrected chi connectivity index (χ2v) is 9.85. The van der Waals surface area contributed by atoms with Gasteiger partial charge < -0.3 is 15.8 Å². The van der Waals surface area contributed by atoms with Crippen LogP contribution >= 0.6 is 0 Å². The molecule has 0 bridgehead atoms. The van der Waals surface area contributed by atoms with Gasteiger partial charge in [0.15, 0.2) is 0 Å². The number of anilines is 2. The summed E-state index contributed by atoms with van der Waals surface area (Å²) < 4.78 is 5.72. The fourth-order valence-corrected chi connectivity index (χ4v) is 5.03. The minimum absolute atomic E-state index is 0.514. The highest BCUT2D eigenvalue weighted by atomic mass is 16.5. The van der Waals surface area contributed by atoms with Crippen LogP contribution in [0.5, 0.6) is 5.75 Å². The highest BCUT2D eigenvalue weighted by molar-refractivity contribution is 5.88. The topological polar surface area (TPSA) is 60.2 Å². The van der Waals surface area contributed by atoms with Crippen molar-refractivity contribution in [2.24, 2.45) is 5.73 Å². The summed E-state index contributed by atoms with van der Waals surface area (Å²) in [6, 6.07) is 47.9. The van der Waals surface area contributed by atoms with Gasteiger partial charge in [0.1, 0.15) is 5.75 Å². The Morgan fingerprint density at radius 3 is 1.95 bits per heavy atom. The van der Waals surface area contributed by atoms with Crippen LogP contribution in [0.1, 0.15) is 5.56 Å². The van der Waals surface area contributed by atoms with Crippen LogP contribution < -0.4 is 15.8 Å². The summed E-state index contributed by atoms with van der Waals surface area (Å²) in [6.45, 7) is 0.514. The number of nitrogens with two attached hydrogens (primary N) is 1. The predicted molar refractivity (Wildman–Crippen MR) is 170 cm³/mol. The first-order valence-electron chi connectivity index (χ1n) is 13.7. The number of nitrogens with one attached hydrogen (secondary N) is 1. The molecular weight excluding hydrogens is 502 g/mol. The molecule has 6 rings (SSSR count). The number of benzene rings is 5. The number of aromatic nitrogens is 1. The zero-order valence-corrected chi connectivity index (χ0v) is 22.9. The average molecular weight is 534 g/mol. The van der Waals surface area contributed by atoms with Gasteiger partial charge in [-0.25, -0.2) is 4.98 Å². The van der Waals surface area contributed by atoms with E-state index in [9.17, 15) is 0 Å². The van der Waals surface area contributed by atoms with Gasteiger partial charge in [-0.1, -0.05) is 97.1 Å². The summed E-state index contributed by atoms with van der Waals surface area (Å²) in [5, 5.41) is 3.69. The minimum atomic E-state index is 0.514. The molecule has 0 aliphatic rings. The van der Waals surface area contributed by atoms with Crippen molar-refractivity contribution in [3.05, 3.63) is 145 Å². The molecule has 200 valence electrons. The number of ether oxygens (including phenoxy) is 1. The Balaban J connectivity index is 1.54. The number of nitrogens with zero attached hydrogens (tertiary/aromatic N) is 1. The van der Waals surface area contributed by atoms with Crippen LogP contribution in [0.4, 0.5) is 11.4 Å². The van der Waals surface area contributed by atoms with Gasteiger partial charge in [-0.2, -0.15) is 0 Å². The fourth-order valence-electron chi connectivity index (χ4n) is 5.03. The van der Waals surface area contributed by atoms with Gasteiger partial charge in [0, 0.05) is 34.6 Å². The van der Waals surface area contributed by atoms with Crippen LogP contribution in [0.15, 0.2) is 140 Å². The second kappa shape index (κ2) is 11.9. The highest BCUT2D eigenvalue weighted by Crippen LogP contribution is 2.39. The Morgan fingerprint density at radius 1 is 0.585 bits per heavy atom. The van der Waals surface area contributed by atoms with E-state index >= 15 is 0 Å². The summed E-state index contributed by atoms with van der Waals surface area (Å²) in [5.41, 5.74) is 17.1. The third-order valence-electron chi connectivity index (χ3n) is 7.18. The van der Waals surface area contributed by atoms with Crippen molar-refractivity contribution < 1.29 is 4.74 Å². The van der Waals surface area contributed by atoms with Gasteiger partial charge in [-0.15, -0.1) is 0 Å². The third kappa shape index (κ3) is 5.74. The van der Waals surface area contributed by atoms with E-state index in [4.69, 9.17) is 15.5 Å². The number of pyridine rings is 1. The summed E-state index contributed by atoms with van der Waals surface area (Å²) >= 11 is 0. The zero-order valence-electron chi connectivity index (χ0n) is 22.9. The first-order valence-corrected chi connectivity index (χ1v) is 13.7. The summed E-state index contributed by atoms with van der Waals surface area (Å²) in [4.78, 5) is 5.09. The van der Waals surface area contributed by atoms with E-state index in [2.05, 4.69) is 102 Å². The maximum absolute atomic E-state index is 5.85. The molecule has 0 spiro atoms. The molecule has 0 radical (unpaired) electrons. The molecule has 3 N–H and O–H groups in total. The van der Waals surface area contributed by atoms with Crippen molar-refractivity contribution >= 4 is 11.4 Å². The molecule has 41 heavy (non-hydrogen) atoms. The van der Waals surface area contributed by atoms with E-state index < -0.39 is 0 Å². The standard InChI is InChI=1S/C37H31N3O/c1-41-37-15-9-8-14-33(37)36-24-30(23-34(40-36)28-12-6-3-7-13-28)32-21-18-29(27-10-4-2-5-11-27)22-35(32)39-31-19-16-26(25-38)17-20-31/h2-24,39H,25,38H2,1H3. The van der Waals surface area contributed by atoms with Crippen LogP contribution in [-0.2, 0) is 6.54 Å². The van der Waals surface area contributed by atoms with E-state index in [1.54, 1.807) is 7.11 Å². The van der Waals surface area contributed by atoms with Crippen LogP contribution in [0.3, 0.4) is 0 Å². The monoisotopic (exact) mass is 533 g/mol. The summed E-state index contributed by atoms with van der Waals surface area (Å²) in [7, 11) is 1.70. The van der Waals surface area contributed by atoms with Gasteiger partial charge >= 0.3 is 0 Å². The maximum atomic E-state index is 5.85. The predicted octanol–water partition coefficient (Wildman–Crippen LogP) is 8.96. The Labute approximate surface area is 241 Å². The highest BCUT2D eigenvalue weighted by Gasteiger charge is 2.15. The van der Waals surface area contributed by atoms with Crippen molar-refractivity contribution in [1.29, 1.82) is 0 Å². The second-order valence-electron chi connectivity index (χ2n) is 9.85. The lowest BCUT2D eigenvalue weighted by Gasteiger charge is -2.17. The molecule has 5 aromatic carbocycles. The van der Waals surface area contributed by atoms with Gasteiger partial charge in [0.05, 0.1) is 18.5 Å². The average Bonchev–Trinajstić information content (AvgIpc) is 3.05. The largest absolute Gasteiger partial charge is 0.496 e. The van der Waals surface area contributed by atoms with E-state index in [0.29, 0.717) is 6.54 Å². The number of hydrogen-bond donors (Lipinski definition) is 2. The molecule has 4 heteroatoms. The molecule has 4 nitrogen and oxygen atoms in total. The van der Waals surface area contributed by atoms with Crippen molar-refractivity contribution in [3.8, 4) is 50.5 Å². The molecule has 0 saturated heterocycles. The molecule has 0 unspecified atom stereocenters. The fraction of sp³-hybridized carbons (Fsp3) is 0.0541. The summed E-state index contributed by atoms with van der Waals surface area (Å²) in [6.07, 6.45) is 0. The molecule has 0 aliphatic heterocycles. The van der Waals surface area contributed by atoms with E-state index in [0.717, 1.165) is 67.5 Å². The molecule has 0 atom stereocenters. The zero-order chi connectivity index (χ0) is 28.0. The smallest absolute Gasteiger partial charge is 0.128 e. The first kappa shape index (κ1) is 26.1.